The summed E-state index contributed by atoms with van der Waals surface area (Å²) in [5.41, 5.74) is 2.36. The number of hydrogen-bond donors (Lipinski definition) is 0. The Balaban J connectivity index is 1.50. The number of halogens is 1. The highest BCUT2D eigenvalue weighted by atomic mass is 35.5. The number of benzene rings is 2. The maximum Gasteiger partial charge on any atom is 0.254 e. The summed E-state index contributed by atoms with van der Waals surface area (Å²) in [6.45, 7) is 2.84. The number of anilines is 1. The zero-order valence-electron chi connectivity index (χ0n) is 18.5. The third-order valence-electron chi connectivity index (χ3n) is 6.05. The number of rotatable bonds is 5. The fourth-order valence-corrected chi connectivity index (χ4v) is 4.40. The van der Waals surface area contributed by atoms with Gasteiger partial charge in [0.15, 0.2) is 11.5 Å². The molecule has 1 amide bonds. The Bertz CT molecular complexity index is 1160. The predicted octanol–water partition coefficient (Wildman–Crippen LogP) is 4.73. The summed E-state index contributed by atoms with van der Waals surface area (Å²) in [6.07, 6.45) is 2.90. The van der Waals surface area contributed by atoms with E-state index in [1.54, 1.807) is 36.3 Å². The lowest BCUT2D eigenvalue weighted by Gasteiger charge is -2.30. The lowest BCUT2D eigenvalue weighted by atomic mass is 10.1. The van der Waals surface area contributed by atoms with Crippen LogP contribution in [0.1, 0.15) is 34.5 Å². The van der Waals surface area contributed by atoms with E-state index in [1.165, 1.54) is 0 Å². The topological polar surface area (TPSA) is 67.8 Å². The SMILES string of the molecule is COc1ccccc1Oc1nc(N2CCCC2)nc2c1CN(C(=O)c1ccc(Cl)cc1)CC2. The van der Waals surface area contributed by atoms with Crippen LogP contribution < -0.4 is 14.4 Å². The second-order valence-electron chi connectivity index (χ2n) is 8.18. The number of hydrogen-bond acceptors (Lipinski definition) is 6. The number of methoxy groups -OCH3 is 1. The van der Waals surface area contributed by atoms with Gasteiger partial charge in [0, 0.05) is 36.6 Å². The Morgan fingerprint density at radius 3 is 2.42 bits per heavy atom. The van der Waals surface area contributed by atoms with Crippen molar-refractivity contribution in [3.63, 3.8) is 0 Å². The largest absolute Gasteiger partial charge is 0.493 e. The third kappa shape index (κ3) is 4.46. The number of carbonyl (C=O) groups excluding carboxylic acids is 1. The highest BCUT2D eigenvalue weighted by molar-refractivity contribution is 6.30. The predicted molar refractivity (Wildman–Crippen MR) is 126 cm³/mol. The minimum Gasteiger partial charge on any atom is -0.493 e. The molecule has 0 aliphatic carbocycles. The van der Waals surface area contributed by atoms with Gasteiger partial charge in [0.1, 0.15) is 0 Å². The second kappa shape index (κ2) is 9.27. The van der Waals surface area contributed by atoms with Crippen molar-refractivity contribution < 1.29 is 14.3 Å². The quantitative estimate of drug-likeness (QED) is 0.543. The molecule has 2 aliphatic rings. The van der Waals surface area contributed by atoms with Gasteiger partial charge in [-0.25, -0.2) is 4.98 Å². The smallest absolute Gasteiger partial charge is 0.254 e. The Labute approximate surface area is 197 Å². The van der Waals surface area contributed by atoms with E-state index in [-0.39, 0.29) is 5.91 Å². The van der Waals surface area contributed by atoms with Crippen molar-refractivity contribution in [3.05, 3.63) is 70.4 Å². The van der Waals surface area contributed by atoms with Crippen LogP contribution in [-0.4, -0.2) is 47.5 Å². The minimum atomic E-state index is -0.0517. The Morgan fingerprint density at radius 2 is 1.70 bits per heavy atom. The molecule has 1 saturated heterocycles. The van der Waals surface area contributed by atoms with Crippen molar-refractivity contribution in [2.24, 2.45) is 0 Å². The van der Waals surface area contributed by atoms with E-state index in [0.29, 0.717) is 53.4 Å². The minimum absolute atomic E-state index is 0.0517. The van der Waals surface area contributed by atoms with Gasteiger partial charge < -0.3 is 19.3 Å². The zero-order valence-corrected chi connectivity index (χ0v) is 19.2. The summed E-state index contributed by atoms with van der Waals surface area (Å²) in [4.78, 5) is 26.8. The molecule has 2 aliphatic heterocycles. The second-order valence-corrected chi connectivity index (χ2v) is 8.62. The van der Waals surface area contributed by atoms with E-state index in [2.05, 4.69) is 4.90 Å². The first-order valence-electron chi connectivity index (χ1n) is 11.1. The molecule has 0 atom stereocenters. The Hall–Kier alpha value is -3.32. The first-order valence-corrected chi connectivity index (χ1v) is 11.5. The molecule has 8 heteroatoms. The summed E-state index contributed by atoms with van der Waals surface area (Å²) < 4.78 is 11.8. The number of carbonyl (C=O) groups is 1. The fourth-order valence-electron chi connectivity index (χ4n) is 4.27. The number of ether oxygens (including phenoxy) is 2. The van der Waals surface area contributed by atoms with Crippen molar-refractivity contribution in [3.8, 4) is 17.4 Å². The van der Waals surface area contributed by atoms with Crippen molar-refractivity contribution >= 4 is 23.5 Å². The number of amides is 1. The number of para-hydroxylation sites is 2. The molecule has 1 aromatic heterocycles. The summed E-state index contributed by atoms with van der Waals surface area (Å²) in [6, 6.07) is 14.4. The first kappa shape index (κ1) is 21.5. The van der Waals surface area contributed by atoms with Crippen molar-refractivity contribution in [1.82, 2.24) is 14.9 Å². The van der Waals surface area contributed by atoms with E-state index in [9.17, 15) is 4.79 Å². The van der Waals surface area contributed by atoms with Gasteiger partial charge in [0.2, 0.25) is 11.8 Å². The normalized spacial score (nSPS) is 15.3. The molecule has 33 heavy (non-hydrogen) atoms. The van der Waals surface area contributed by atoms with Gasteiger partial charge in [-0.1, -0.05) is 23.7 Å². The molecule has 0 saturated carbocycles. The van der Waals surface area contributed by atoms with Crippen molar-refractivity contribution in [2.45, 2.75) is 25.8 Å². The molecule has 0 unspecified atom stereocenters. The Kier molecular flexibility index (Phi) is 6.05. The van der Waals surface area contributed by atoms with Crippen molar-refractivity contribution in [2.75, 3.05) is 31.6 Å². The molecule has 0 radical (unpaired) electrons. The number of nitrogens with zero attached hydrogens (tertiary/aromatic N) is 4. The van der Waals surface area contributed by atoms with Crippen LogP contribution in [0.25, 0.3) is 0 Å². The van der Waals surface area contributed by atoms with Crippen LogP contribution in [0.3, 0.4) is 0 Å². The van der Waals surface area contributed by atoms with Crippen LogP contribution in [0.5, 0.6) is 17.4 Å². The van der Waals surface area contributed by atoms with E-state index in [4.69, 9.17) is 31.0 Å². The van der Waals surface area contributed by atoms with Gasteiger partial charge in [-0.3, -0.25) is 4.79 Å². The standard InChI is InChI=1S/C25H25ClN4O3/c1-32-21-6-2-3-7-22(21)33-23-19-16-30(24(31)17-8-10-18(26)11-9-17)15-12-20(19)27-25(28-23)29-13-4-5-14-29/h2-3,6-11H,4-5,12-16H2,1H3. The third-order valence-corrected chi connectivity index (χ3v) is 6.31. The molecule has 0 spiro atoms. The lowest BCUT2D eigenvalue weighted by Crippen LogP contribution is -2.37. The van der Waals surface area contributed by atoms with Gasteiger partial charge in [-0.2, -0.15) is 4.98 Å². The molecule has 7 nitrogen and oxygen atoms in total. The van der Waals surface area contributed by atoms with E-state index in [1.807, 2.05) is 24.3 Å². The highest BCUT2D eigenvalue weighted by Crippen LogP contribution is 2.36. The van der Waals surface area contributed by atoms with E-state index >= 15 is 0 Å². The molecule has 0 N–H and O–H groups in total. The first-order chi connectivity index (χ1) is 16.1. The molecule has 170 valence electrons. The average molecular weight is 465 g/mol. The van der Waals surface area contributed by atoms with Gasteiger partial charge in [0.25, 0.3) is 5.91 Å². The summed E-state index contributed by atoms with van der Waals surface area (Å²) in [7, 11) is 1.61. The van der Waals surface area contributed by atoms with Gasteiger partial charge >= 0.3 is 0 Å². The van der Waals surface area contributed by atoms with Gasteiger partial charge in [0.05, 0.1) is 24.9 Å². The zero-order chi connectivity index (χ0) is 22.8. The molecule has 3 heterocycles. The van der Waals surface area contributed by atoms with E-state index < -0.39 is 0 Å². The maximum atomic E-state index is 13.1. The molecule has 5 rings (SSSR count). The Morgan fingerprint density at radius 1 is 0.970 bits per heavy atom. The van der Waals surface area contributed by atoms with E-state index in [0.717, 1.165) is 37.2 Å². The van der Waals surface area contributed by atoms with Crippen LogP contribution in [0.2, 0.25) is 5.02 Å². The van der Waals surface area contributed by atoms with Gasteiger partial charge in [-0.05, 0) is 49.2 Å². The number of fused-ring (bicyclic) bond motifs is 1. The summed E-state index contributed by atoms with van der Waals surface area (Å²) in [5, 5.41) is 0.603. The van der Waals surface area contributed by atoms with Crippen molar-refractivity contribution in [1.29, 1.82) is 0 Å². The summed E-state index contributed by atoms with van der Waals surface area (Å²) in [5.74, 6) is 2.31. The van der Waals surface area contributed by atoms with Crippen LogP contribution in [-0.2, 0) is 13.0 Å². The van der Waals surface area contributed by atoms with Crippen LogP contribution >= 0.6 is 11.6 Å². The average Bonchev–Trinajstić information content (AvgIpc) is 3.39. The number of aromatic nitrogens is 2. The molecule has 1 fully saturated rings. The molecule has 3 aromatic rings. The highest BCUT2D eigenvalue weighted by Gasteiger charge is 2.29. The molecular formula is C25H25ClN4O3. The molecule has 0 bridgehead atoms. The summed E-state index contributed by atoms with van der Waals surface area (Å²) >= 11 is 5.99. The monoisotopic (exact) mass is 464 g/mol. The van der Waals surface area contributed by atoms with Crippen LogP contribution in [0, 0.1) is 0 Å². The van der Waals surface area contributed by atoms with Crippen LogP contribution in [0.15, 0.2) is 48.5 Å². The fraction of sp³-hybridized carbons (Fsp3) is 0.320. The molecular weight excluding hydrogens is 440 g/mol. The maximum absolute atomic E-state index is 13.1. The molecule has 2 aromatic carbocycles. The van der Waals surface area contributed by atoms with Gasteiger partial charge in [-0.15, -0.1) is 0 Å². The lowest BCUT2D eigenvalue weighted by molar-refractivity contribution is 0.0732. The van der Waals surface area contributed by atoms with Crippen LogP contribution in [0.4, 0.5) is 5.95 Å².